The fourth-order valence-corrected chi connectivity index (χ4v) is 5.21. The molecule has 134 valence electrons. The Bertz CT molecular complexity index is 457. The third-order valence-corrected chi connectivity index (χ3v) is 5.69. The second kappa shape index (κ2) is 6.04. The fraction of sp³-hybridized carbons (Fsp3) is 1.00. The number of nitrogens with zero attached hydrogens (tertiary/aromatic N) is 2. The van der Waals surface area contributed by atoms with E-state index in [-0.39, 0.29) is 5.54 Å². The highest BCUT2D eigenvalue weighted by molar-refractivity contribution is 5.15. The second-order valence-electron chi connectivity index (χ2n) is 8.71. The summed E-state index contributed by atoms with van der Waals surface area (Å²) in [4.78, 5) is 21.6. The first-order valence-corrected chi connectivity index (χ1v) is 8.44. The Labute approximate surface area is 138 Å². The Balaban J connectivity index is 2.51. The number of nitrogens with two attached hydrogens (primary N) is 1. The molecule has 3 N–H and O–H groups in total. The Kier molecular flexibility index (Phi) is 4.92. The molecule has 2 fully saturated rings. The van der Waals surface area contributed by atoms with Crippen molar-refractivity contribution in [2.24, 2.45) is 17.0 Å². The van der Waals surface area contributed by atoms with Crippen LogP contribution in [0.25, 0.3) is 0 Å². The monoisotopic (exact) mass is 329 g/mol. The number of hydroxylamine groups is 2. The summed E-state index contributed by atoms with van der Waals surface area (Å²) in [5, 5.41) is 16.1. The van der Waals surface area contributed by atoms with E-state index in [2.05, 4.69) is 24.0 Å². The van der Waals surface area contributed by atoms with E-state index in [1.165, 1.54) is 0 Å². The van der Waals surface area contributed by atoms with Crippen LogP contribution in [0.4, 0.5) is 0 Å². The van der Waals surface area contributed by atoms with E-state index in [9.17, 15) is 10.0 Å². The number of hydrogen-bond acceptors (Lipinski definition) is 7. The molecule has 2 saturated carbocycles. The van der Waals surface area contributed by atoms with E-state index in [0.717, 1.165) is 12.8 Å². The normalized spacial score (nSPS) is 41.1. The van der Waals surface area contributed by atoms with Gasteiger partial charge in [-0.3, -0.25) is 0 Å². The molecule has 2 aliphatic rings. The first-order valence-electron chi connectivity index (χ1n) is 8.44. The highest BCUT2D eigenvalue weighted by atomic mass is 17.3. The van der Waals surface area contributed by atoms with Gasteiger partial charge in [-0.25, -0.2) is 0 Å². The van der Waals surface area contributed by atoms with Crippen molar-refractivity contribution in [1.29, 1.82) is 0 Å². The van der Waals surface area contributed by atoms with E-state index < -0.39 is 16.7 Å². The van der Waals surface area contributed by atoms with Crippen LogP contribution in [0.3, 0.4) is 0 Å². The van der Waals surface area contributed by atoms with Crippen LogP contribution in [0.1, 0.15) is 73.1 Å². The molecule has 4 atom stereocenters. The van der Waals surface area contributed by atoms with Crippen molar-refractivity contribution in [2.45, 2.75) is 95.4 Å². The fourth-order valence-electron chi connectivity index (χ4n) is 5.21. The van der Waals surface area contributed by atoms with Gasteiger partial charge >= 0.3 is 0 Å². The van der Waals surface area contributed by atoms with Crippen LogP contribution in [0, 0.1) is 10.8 Å². The largest absolute Gasteiger partial charge is 0.390 e. The van der Waals surface area contributed by atoms with E-state index in [4.69, 9.17) is 10.9 Å². The van der Waals surface area contributed by atoms with Crippen LogP contribution >= 0.6 is 0 Å². The van der Waals surface area contributed by atoms with Gasteiger partial charge in [0.25, 0.3) is 0 Å². The molecule has 2 aliphatic carbocycles. The van der Waals surface area contributed by atoms with Gasteiger partial charge in [-0.2, -0.15) is 10.8 Å². The highest BCUT2D eigenvalue weighted by Crippen LogP contribution is 2.56. The minimum atomic E-state index is -0.980. The minimum Gasteiger partial charge on any atom is -0.390 e. The molecule has 0 heterocycles. The van der Waals surface area contributed by atoms with E-state index in [1.54, 1.807) is 12.0 Å². The maximum absolute atomic E-state index is 11.7. The second-order valence-corrected chi connectivity index (χ2v) is 8.71. The molecule has 23 heavy (non-hydrogen) atoms. The molecule has 0 aromatic rings. The number of hydrogen-bond donors (Lipinski definition) is 2. The van der Waals surface area contributed by atoms with Crippen molar-refractivity contribution in [3.8, 4) is 0 Å². The Morgan fingerprint density at radius 1 is 1.35 bits per heavy atom. The summed E-state index contributed by atoms with van der Waals surface area (Å²) in [6.07, 6.45) is 3.73. The lowest BCUT2D eigenvalue weighted by Gasteiger charge is -2.60. The zero-order valence-corrected chi connectivity index (χ0v) is 15.0. The number of nitroso groups, excluding NO2 is 1. The van der Waals surface area contributed by atoms with Crippen LogP contribution in [-0.4, -0.2) is 32.4 Å². The number of rotatable bonds is 6. The summed E-state index contributed by atoms with van der Waals surface area (Å²) in [5.41, 5.74) is -2.64. The van der Waals surface area contributed by atoms with Crippen molar-refractivity contribution in [2.75, 3.05) is 0 Å². The molecule has 0 spiro atoms. The SMILES string of the molecule is CCC(C)(C)N(OON)C12CC(C)CC(N=O)(CC(C)(O)C1)C2. The topological polar surface area (TPSA) is 97.4 Å². The van der Waals surface area contributed by atoms with Crippen LogP contribution in [0.15, 0.2) is 5.18 Å². The quantitative estimate of drug-likeness (QED) is 0.442. The molecule has 2 rings (SSSR count). The zero-order chi connectivity index (χ0) is 17.5. The third kappa shape index (κ3) is 3.44. The predicted molar refractivity (Wildman–Crippen MR) is 86.7 cm³/mol. The molecule has 4 unspecified atom stereocenters. The van der Waals surface area contributed by atoms with Gasteiger partial charge in [-0.15, -0.1) is 15.0 Å². The molecule has 2 bridgehead atoms. The average Bonchev–Trinajstić information content (AvgIpc) is 2.41. The minimum absolute atomic E-state index is 0.300. The average molecular weight is 329 g/mol. The molecule has 0 radical (unpaired) electrons. The molecule has 0 aliphatic heterocycles. The first kappa shape index (κ1) is 18.7. The maximum Gasteiger partial charge on any atom is 0.107 e. The first-order chi connectivity index (χ1) is 10.5. The standard InChI is InChI=1S/C16H31N3O4/c1-6-13(3,4)19(23-22-17)16-8-12(2)7-15(11-16,18-21)9-14(5,20)10-16/h12,20H,6-11,17H2,1-5H3. The van der Waals surface area contributed by atoms with Gasteiger partial charge in [-0.05, 0) is 58.8 Å². The Morgan fingerprint density at radius 2 is 2.00 bits per heavy atom. The van der Waals surface area contributed by atoms with E-state index >= 15 is 0 Å². The summed E-state index contributed by atoms with van der Waals surface area (Å²) in [5.74, 6) is 5.51. The molecule has 0 saturated heterocycles. The van der Waals surface area contributed by atoms with E-state index in [0.29, 0.717) is 31.6 Å². The van der Waals surface area contributed by atoms with Crippen LogP contribution in [0.5, 0.6) is 0 Å². The summed E-state index contributed by atoms with van der Waals surface area (Å²) >= 11 is 0. The van der Waals surface area contributed by atoms with Crippen LogP contribution < -0.4 is 5.90 Å². The zero-order valence-electron chi connectivity index (χ0n) is 15.0. The van der Waals surface area contributed by atoms with Crippen molar-refractivity contribution in [3.63, 3.8) is 0 Å². The van der Waals surface area contributed by atoms with E-state index in [1.807, 2.05) is 13.8 Å². The molecular weight excluding hydrogens is 298 g/mol. The van der Waals surface area contributed by atoms with Crippen LogP contribution in [0.2, 0.25) is 0 Å². The van der Waals surface area contributed by atoms with Crippen LogP contribution in [-0.2, 0) is 9.98 Å². The number of fused-ring (bicyclic) bond motifs is 2. The van der Waals surface area contributed by atoms with Gasteiger partial charge in [0.05, 0.1) is 11.1 Å². The number of aliphatic hydroxyl groups is 1. The van der Waals surface area contributed by atoms with Gasteiger partial charge < -0.3 is 5.11 Å². The molecule has 0 amide bonds. The molecular formula is C16H31N3O4. The lowest BCUT2D eigenvalue weighted by Crippen LogP contribution is -2.68. The molecule has 7 heteroatoms. The smallest absolute Gasteiger partial charge is 0.107 e. The van der Waals surface area contributed by atoms with Gasteiger partial charge in [0.1, 0.15) is 5.54 Å². The molecule has 7 nitrogen and oxygen atoms in total. The molecule has 0 aromatic heterocycles. The van der Waals surface area contributed by atoms with Gasteiger partial charge in [-0.1, -0.05) is 19.0 Å². The summed E-state index contributed by atoms with van der Waals surface area (Å²) in [6, 6.07) is 0. The predicted octanol–water partition coefficient (Wildman–Crippen LogP) is 2.82. The Morgan fingerprint density at radius 3 is 2.52 bits per heavy atom. The van der Waals surface area contributed by atoms with Crippen molar-refractivity contribution in [1.82, 2.24) is 5.06 Å². The van der Waals surface area contributed by atoms with Gasteiger partial charge in [0.15, 0.2) is 0 Å². The Hall–Kier alpha value is -0.600. The highest BCUT2D eigenvalue weighted by Gasteiger charge is 2.62. The van der Waals surface area contributed by atoms with Gasteiger partial charge in [0, 0.05) is 12.0 Å². The van der Waals surface area contributed by atoms with Gasteiger partial charge in [0.2, 0.25) is 0 Å². The van der Waals surface area contributed by atoms with Crippen molar-refractivity contribution in [3.05, 3.63) is 4.91 Å². The summed E-state index contributed by atoms with van der Waals surface area (Å²) < 4.78 is 0. The maximum atomic E-state index is 11.7. The molecule has 0 aromatic carbocycles. The lowest BCUT2D eigenvalue weighted by atomic mass is 9.55. The summed E-state index contributed by atoms with van der Waals surface area (Å²) in [6.45, 7) is 10.0. The van der Waals surface area contributed by atoms with Crippen molar-refractivity contribution >= 4 is 0 Å². The summed E-state index contributed by atoms with van der Waals surface area (Å²) in [7, 11) is 0. The third-order valence-electron chi connectivity index (χ3n) is 5.69. The van der Waals surface area contributed by atoms with Crippen molar-refractivity contribution < 1.29 is 15.1 Å². The lowest BCUT2D eigenvalue weighted by molar-refractivity contribution is -0.484.